The van der Waals surface area contributed by atoms with Crippen molar-refractivity contribution in [1.29, 1.82) is 0 Å². The number of likely N-dealkylation sites (N-methyl/N-ethyl adjacent to an activating group) is 1. The monoisotopic (exact) mass is 413 g/mol. The van der Waals surface area contributed by atoms with Gasteiger partial charge in [0.2, 0.25) is 11.7 Å². The van der Waals surface area contributed by atoms with E-state index in [2.05, 4.69) is 10.1 Å². The molecule has 29 heavy (non-hydrogen) atoms. The van der Waals surface area contributed by atoms with E-state index in [1.807, 2.05) is 57.2 Å². The summed E-state index contributed by atoms with van der Waals surface area (Å²) in [5, 5.41) is 4.72. The minimum atomic E-state index is -0.667. The van der Waals surface area contributed by atoms with Crippen LogP contribution >= 0.6 is 11.6 Å². The molecular formula is C22H24ClN3O3. The van der Waals surface area contributed by atoms with Gasteiger partial charge in [-0.15, -0.1) is 0 Å². The fraction of sp³-hybridized carbons (Fsp3) is 0.318. The highest BCUT2D eigenvalue weighted by Crippen LogP contribution is 2.26. The lowest BCUT2D eigenvalue weighted by atomic mass is 10.1. The summed E-state index contributed by atoms with van der Waals surface area (Å²) in [5.41, 5.74) is 3.80. The summed E-state index contributed by atoms with van der Waals surface area (Å²) in [6, 6.07) is 11.5. The van der Waals surface area contributed by atoms with Gasteiger partial charge in [0, 0.05) is 17.6 Å². The molecular weight excluding hydrogens is 390 g/mol. The van der Waals surface area contributed by atoms with Gasteiger partial charge in [0.05, 0.1) is 6.54 Å². The smallest absolute Gasteiger partial charge is 0.263 e. The zero-order chi connectivity index (χ0) is 21.1. The zero-order valence-electron chi connectivity index (χ0n) is 17.2. The summed E-state index contributed by atoms with van der Waals surface area (Å²) in [7, 11) is 1.68. The van der Waals surface area contributed by atoms with Crippen LogP contribution in [-0.2, 0) is 11.3 Å². The number of aromatic nitrogens is 2. The Hall–Kier alpha value is -2.86. The SMILES string of the molecule is Cc1cccc(-c2noc(CN(C)C(=O)[C@@H](C)Oc3cc(C)c(Cl)c(C)c3)n2)c1. The van der Waals surface area contributed by atoms with Crippen LogP contribution in [0, 0.1) is 20.8 Å². The van der Waals surface area contributed by atoms with Crippen LogP contribution in [0.15, 0.2) is 40.9 Å². The summed E-state index contributed by atoms with van der Waals surface area (Å²) in [6.07, 6.45) is -0.667. The summed E-state index contributed by atoms with van der Waals surface area (Å²) in [6.45, 7) is 7.72. The van der Waals surface area contributed by atoms with Crippen molar-refractivity contribution in [3.05, 3.63) is 64.0 Å². The summed E-state index contributed by atoms with van der Waals surface area (Å²) in [5.74, 6) is 1.28. The van der Waals surface area contributed by atoms with Crippen LogP contribution in [0.25, 0.3) is 11.4 Å². The third-order valence-electron chi connectivity index (χ3n) is 4.56. The van der Waals surface area contributed by atoms with Gasteiger partial charge < -0.3 is 14.2 Å². The number of carbonyl (C=O) groups is 1. The molecule has 1 aromatic heterocycles. The fourth-order valence-electron chi connectivity index (χ4n) is 3.04. The molecule has 152 valence electrons. The number of carbonyl (C=O) groups excluding carboxylic acids is 1. The van der Waals surface area contributed by atoms with Crippen molar-refractivity contribution in [1.82, 2.24) is 15.0 Å². The maximum Gasteiger partial charge on any atom is 0.263 e. The van der Waals surface area contributed by atoms with Crippen molar-refractivity contribution in [3.63, 3.8) is 0 Å². The Morgan fingerprint density at radius 3 is 2.55 bits per heavy atom. The van der Waals surface area contributed by atoms with E-state index in [1.54, 1.807) is 14.0 Å². The number of benzene rings is 2. The quantitative estimate of drug-likeness (QED) is 0.583. The van der Waals surface area contributed by atoms with Crippen LogP contribution < -0.4 is 4.74 Å². The molecule has 0 aliphatic rings. The number of amides is 1. The number of nitrogens with zero attached hydrogens (tertiary/aromatic N) is 3. The third kappa shape index (κ3) is 4.95. The maximum absolute atomic E-state index is 12.7. The molecule has 0 fully saturated rings. The van der Waals surface area contributed by atoms with E-state index in [0.717, 1.165) is 22.3 Å². The van der Waals surface area contributed by atoms with Gasteiger partial charge in [-0.25, -0.2) is 0 Å². The molecule has 0 N–H and O–H groups in total. The van der Waals surface area contributed by atoms with Gasteiger partial charge in [-0.1, -0.05) is 40.5 Å². The number of aryl methyl sites for hydroxylation is 3. The molecule has 0 unspecified atom stereocenters. The molecule has 0 radical (unpaired) electrons. The minimum Gasteiger partial charge on any atom is -0.481 e. The number of rotatable bonds is 6. The molecule has 1 amide bonds. The second kappa shape index (κ2) is 8.66. The first-order valence-electron chi connectivity index (χ1n) is 9.32. The van der Waals surface area contributed by atoms with Crippen LogP contribution in [0.3, 0.4) is 0 Å². The zero-order valence-corrected chi connectivity index (χ0v) is 17.9. The highest BCUT2D eigenvalue weighted by molar-refractivity contribution is 6.32. The van der Waals surface area contributed by atoms with E-state index in [4.69, 9.17) is 20.9 Å². The predicted octanol–water partition coefficient (Wildman–Crippen LogP) is 4.74. The van der Waals surface area contributed by atoms with E-state index in [9.17, 15) is 4.79 Å². The van der Waals surface area contributed by atoms with E-state index in [0.29, 0.717) is 22.5 Å². The van der Waals surface area contributed by atoms with Crippen LogP contribution in [0.2, 0.25) is 5.02 Å². The van der Waals surface area contributed by atoms with Gasteiger partial charge in [0.1, 0.15) is 5.75 Å². The van der Waals surface area contributed by atoms with Gasteiger partial charge in [0.15, 0.2) is 6.10 Å². The Kier molecular flexibility index (Phi) is 6.23. The standard InChI is InChI=1S/C22H24ClN3O3/c1-13-7-6-8-17(9-13)21-24-19(29-25-21)12-26(5)22(27)16(4)28-18-10-14(2)20(23)15(3)11-18/h6-11,16H,12H2,1-5H3/t16-/m1/s1. The first-order chi connectivity index (χ1) is 13.7. The Labute approximate surface area is 175 Å². The molecule has 1 atom stereocenters. The molecule has 2 aromatic carbocycles. The van der Waals surface area contributed by atoms with Crippen LogP contribution in [0.4, 0.5) is 0 Å². The first-order valence-corrected chi connectivity index (χ1v) is 9.70. The molecule has 7 heteroatoms. The van der Waals surface area contributed by atoms with Crippen LogP contribution in [0.5, 0.6) is 5.75 Å². The Bertz CT molecular complexity index is 1010. The highest BCUT2D eigenvalue weighted by atomic mass is 35.5. The maximum atomic E-state index is 12.7. The number of ether oxygens (including phenoxy) is 1. The lowest BCUT2D eigenvalue weighted by Gasteiger charge is -2.21. The van der Waals surface area contributed by atoms with Crippen molar-refractivity contribution in [2.45, 2.75) is 40.3 Å². The lowest BCUT2D eigenvalue weighted by molar-refractivity contribution is -0.137. The van der Waals surface area contributed by atoms with Gasteiger partial charge in [-0.3, -0.25) is 4.79 Å². The van der Waals surface area contributed by atoms with Crippen molar-refractivity contribution < 1.29 is 14.1 Å². The van der Waals surface area contributed by atoms with E-state index in [1.165, 1.54) is 4.90 Å². The molecule has 0 saturated carbocycles. The van der Waals surface area contributed by atoms with Crippen molar-refractivity contribution in [3.8, 4) is 17.1 Å². The lowest BCUT2D eigenvalue weighted by Crippen LogP contribution is -2.37. The molecule has 1 heterocycles. The van der Waals surface area contributed by atoms with Crippen molar-refractivity contribution >= 4 is 17.5 Å². The fourth-order valence-corrected chi connectivity index (χ4v) is 3.15. The third-order valence-corrected chi connectivity index (χ3v) is 5.16. The molecule has 0 aliphatic heterocycles. The van der Waals surface area contributed by atoms with Gasteiger partial charge in [-0.2, -0.15) is 4.98 Å². The molecule has 6 nitrogen and oxygen atoms in total. The minimum absolute atomic E-state index is 0.189. The summed E-state index contributed by atoms with van der Waals surface area (Å²) in [4.78, 5) is 18.6. The van der Waals surface area contributed by atoms with Crippen LogP contribution in [0.1, 0.15) is 29.5 Å². The van der Waals surface area contributed by atoms with Gasteiger partial charge >= 0.3 is 0 Å². The molecule has 0 saturated heterocycles. The van der Waals surface area contributed by atoms with Crippen LogP contribution in [-0.4, -0.2) is 34.1 Å². The molecule has 3 rings (SSSR count). The Morgan fingerprint density at radius 2 is 1.90 bits per heavy atom. The normalized spacial score (nSPS) is 11.9. The van der Waals surface area contributed by atoms with E-state index < -0.39 is 6.10 Å². The predicted molar refractivity (Wildman–Crippen MR) is 112 cm³/mol. The van der Waals surface area contributed by atoms with Crippen molar-refractivity contribution in [2.75, 3.05) is 7.05 Å². The van der Waals surface area contributed by atoms with Crippen molar-refractivity contribution in [2.24, 2.45) is 0 Å². The van der Waals surface area contributed by atoms with Gasteiger partial charge in [0.25, 0.3) is 5.91 Å². The topological polar surface area (TPSA) is 68.5 Å². The molecule has 3 aromatic rings. The number of hydrogen-bond donors (Lipinski definition) is 0. The molecule has 0 aliphatic carbocycles. The number of halogens is 1. The van der Waals surface area contributed by atoms with E-state index >= 15 is 0 Å². The first kappa shape index (κ1) is 20.9. The number of hydrogen-bond acceptors (Lipinski definition) is 5. The largest absolute Gasteiger partial charge is 0.481 e. The van der Waals surface area contributed by atoms with E-state index in [-0.39, 0.29) is 12.5 Å². The summed E-state index contributed by atoms with van der Waals surface area (Å²) < 4.78 is 11.1. The summed E-state index contributed by atoms with van der Waals surface area (Å²) >= 11 is 6.19. The molecule has 0 spiro atoms. The van der Waals surface area contributed by atoms with Gasteiger partial charge in [-0.05, 0) is 57.0 Å². The highest BCUT2D eigenvalue weighted by Gasteiger charge is 2.22. The Morgan fingerprint density at radius 1 is 1.21 bits per heavy atom. The second-order valence-electron chi connectivity index (χ2n) is 7.21. The average molecular weight is 414 g/mol. The second-order valence-corrected chi connectivity index (χ2v) is 7.58. The Balaban J connectivity index is 1.64. The average Bonchev–Trinajstić information content (AvgIpc) is 3.13. The molecule has 0 bridgehead atoms.